The molecule has 0 aliphatic heterocycles. The van der Waals surface area contributed by atoms with Crippen LogP contribution in [0.4, 0.5) is 9.59 Å². The van der Waals surface area contributed by atoms with Crippen LogP contribution in [0.3, 0.4) is 0 Å². The molecule has 0 unspecified atom stereocenters. The van der Waals surface area contributed by atoms with E-state index >= 15 is 0 Å². The lowest BCUT2D eigenvalue weighted by Crippen LogP contribution is -2.18. The van der Waals surface area contributed by atoms with E-state index in [2.05, 4.69) is 21.5 Å². The second-order valence-electron chi connectivity index (χ2n) is 1.94. The van der Waals surface area contributed by atoms with E-state index in [0.717, 1.165) is 12.3 Å². The number of alkyl carbamates (subject to hydrolysis) is 1. The van der Waals surface area contributed by atoms with Crippen LogP contribution in [-0.2, 0) is 9.53 Å². The fraction of sp³-hybridized carbons (Fsp3) is 0.286. The molecule has 0 aliphatic rings. The van der Waals surface area contributed by atoms with Crippen LogP contribution in [0.25, 0.3) is 0 Å². The van der Waals surface area contributed by atoms with Gasteiger partial charge in [-0.1, -0.05) is 0 Å². The Morgan fingerprint density at radius 1 is 1.40 bits per heavy atom. The number of carbonyl (C=O) groups excluding carboxylic acids is 2. The molecule has 6 N–H and O–H groups in total. The molecule has 8 nitrogen and oxygen atoms in total. The van der Waals surface area contributed by atoms with Crippen LogP contribution in [0.15, 0.2) is 12.3 Å². The molecule has 0 rings (SSSR count). The van der Waals surface area contributed by atoms with Crippen LogP contribution in [0.5, 0.6) is 0 Å². The van der Waals surface area contributed by atoms with E-state index in [1.54, 1.807) is 6.92 Å². The van der Waals surface area contributed by atoms with Crippen molar-refractivity contribution in [2.24, 2.45) is 11.5 Å². The molecule has 0 aromatic heterocycles. The zero-order valence-electron chi connectivity index (χ0n) is 8.10. The van der Waals surface area contributed by atoms with Crippen LogP contribution in [0.1, 0.15) is 6.92 Å². The third-order valence-electron chi connectivity index (χ3n) is 0.703. The van der Waals surface area contributed by atoms with Crippen molar-refractivity contribution in [2.75, 3.05) is 6.61 Å². The number of carboxylic acids is 1. The van der Waals surface area contributed by atoms with Crippen LogP contribution in [-0.4, -0.2) is 29.8 Å². The largest absolute Gasteiger partial charge is 0.478 e. The molecular weight excluding hydrogens is 206 g/mol. The molecule has 0 saturated heterocycles. The van der Waals surface area contributed by atoms with Gasteiger partial charge in [0.1, 0.15) is 0 Å². The normalized spacial score (nSPS) is 8.60. The molecule has 0 aliphatic carbocycles. The van der Waals surface area contributed by atoms with E-state index in [1.165, 1.54) is 0 Å². The quantitative estimate of drug-likeness (QED) is 0.466. The molecule has 0 bridgehead atoms. The number of hydrogen-bond donors (Lipinski definition) is 4. The zero-order chi connectivity index (χ0) is 12.3. The van der Waals surface area contributed by atoms with Crippen molar-refractivity contribution < 1.29 is 24.2 Å². The van der Waals surface area contributed by atoms with Gasteiger partial charge in [-0.15, -0.1) is 0 Å². The Hall–Kier alpha value is -2.25. The molecule has 0 aromatic rings. The number of nitrogens with one attached hydrogen (secondary N) is 1. The Labute approximate surface area is 85.9 Å². The van der Waals surface area contributed by atoms with Gasteiger partial charge >= 0.3 is 18.1 Å². The maximum Gasteiger partial charge on any atom is 0.411 e. The summed E-state index contributed by atoms with van der Waals surface area (Å²) in [5, 5.41) is 10.2. The van der Waals surface area contributed by atoms with Gasteiger partial charge in [-0.05, 0) is 6.92 Å². The summed E-state index contributed by atoms with van der Waals surface area (Å²) in [6, 6.07) is -0.833. The van der Waals surface area contributed by atoms with Crippen LogP contribution in [0.2, 0.25) is 0 Å². The van der Waals surface area contributed by atoms with Gasteiger partial charge in [0, 0.05) is 12.3 Å². The van der Waals surface area contributed by atoms with E-state index in [9.17, 15) is 9.59 Å². The molecule has 0 heterocycles. The minimum atomic E-state index is -1.12. The summed E-state index contributed by atoms with van der Waals surface area (Å²) < 4.78 is 4.43. The van der Waals surface area contributed by atoms with Crippen LogP contribution >= 0.6 is 0 Å². The van der Waals surface area contributed by atoms with Gasteiger partial charge in [-0.25, -0.2) is 14.4 Å². The average Bonchev–Trinajstić information content (AvgIpc) is 2.02. The lowest BCUT2D eigenvalue weighted by Gasteiger charge is -1.97. The third-order valence-corrected chi connectivity index (χ3v) is 0.703. The Balaban J connectivity index is 0. The van der Waals surface area contributed by atoms with E-state index in [-0.39, 0.29) is 6.61 Å². The standard InChI is InChI=1S/C6H9NO4.CH4N2O/c1-2-11-6(10)7-4-3-5(8)9;2-1(3)4/h3-4H,2H2,1H3,(H,7,10)(H,8,9);(H4,2,3,4). The maximum absolute atomic E-state index is 10.4. The minimum Gasteiger partial charge on any atom is -0.478 e. The number of nitrogens with two attached hydrogens (primary N) is 2. The lowest BCUT2D eigenvalue weighted by molar-refractivity contribution is -0.131. The fourth-order valence-electron chi connectivity index (χ4n) is 0.354. The minimum absolute atomic E-state index is 0.257. The van der Waals surface area contributed by atoms with Gasteiger partial charge in [0.15, 0.2) is 0 Å². The highest BCUT2D eigenvalue weighted by Gasteiger charge is 1.94. The molecule has 0 atom stereocenters. The SMILES string of the molecule is CCOC(=O)NC=CC(=O)O.NC(N)=O. The number of ether oxygens (including phenoxy) is 1. The maximum atomic E-state index is 10.4. The average molecular weight is 219 g/mol. The summed E-state index contributed by atoms with van der Waals surface area (Å²) in [7, 11) is 0. The van der Waals surface area contributed by atoms with Crippen LogP contribution in [0, 0.1) is 0 Å². The van der Waals surface area contributed by atoms with Crippen molar-refractivity contribution in [3.63, 3.8) is 0 Å². The summed E-state index contributed by atoms with van der Waals surface area (Å²) >= 11 is 0. The zero-order valence-corrected chi connectivity index (χ0v) is 8.10. The van der Waals surface area contributed by atoms with Gasteiger partial charge in [-0.3, -0.25) is 5.32 Å². The van der Waals surface area contributed by atoms with Crippen molar-refractivity contribution >= 4 is 18.1 Å². The first-order valence-electron chi connectivity index (χ1n) is 3.77. The van der Waals surface area contributed by atoms with Gasteiger partial charge in [-0.2, -0.15) is 0 Å². The Bertz CT molecular complexity index is 247. The van der Waals surface area contributed by atoms with Crippen molar-refractivity contribution in [1.29, 1.82) is 0 Å². The molecule has 8 heteroatoms. The number of primary amides is 2. The number of urea groups is 1. The molecule has 0 fully saturated rings. The summed E-state index contributed by atoms with van der Waals surface area (Å²) in [6.45, 7) is 1.91. The second-order valence-corrected chi connectivity index (χ2v) is 1.94. The number of aliphatic carboxylic acids is 1. The van der Waals surface area contributed by atoms with Gasteiger partial charge in [0.25, 0.3) is 0 Å². The lowest BCUT2D eigenvalue weighted by atomic mass is 10.6. The Kier molecular flexibility index (Phi) is 9.99. The van der Waals surface area contributed by atoms with Gasteiger partial charge < -0.3 is 21.3 Å². The number of amides is 3. The predicted octanol–water partition coefficient (Wildman–Crippen LogP) is -0.645. The van der Waals surface area contributed by atoms with Crippen molar-refractivity contribution in [3.8, 4) is 0 Å². The second kappa shape index (κ2) is 9.84. The van der Waals surface area contributed by atoms with Crippen LogP contribution < -0.4 is 16.8 Å². The molecule has 86 valence electrons. The molecule has 3 amide bonds. The molecule has 15 heavy (non-hydrogen) atoms. The Morgan fingerprint density at radius 2 is 1.87 bits per heavy atom. The summed E-state index contributed by atoms with van der Waals surface area (Å²) in [5.41, 5.74) is 8.50. The number of carbonyl (C=O) groups is 3. The number of hydrogen-bond acceptors (Lipinski definition) is 4. The molecular formula is C7H13N3O5. The number of carboxylic acid groups (broad SMARTS) is 1. The highest BCUT2D eigenvalue weighted by molar-refractivity contribution is 5.80. The fourth-order valence-corrected chi connectivity index (χ4v) is 0.354. The first-order chi connectivity index (χ1) is 6.90. The van der Waals surface area contributed by atoms with E-state index in [4.69, 9.17) is 9.90 Å². The number of rotatable bonds is 3. The topological polar surface area (TPSA) is 145 Å². The summed E-state index contributed by atoms with van der Waals surface area (Å²) in [5.74, 6) is -1.12. The highest BCUT2D eigenvalue weighted by atomic mass is 16.5. The third kappa shape index (κ3) is 24.5. The first-order valence-corrected chi connectivity index (χ1v) is 3.77. The summed E-state index contributed by atoms with van der Waals surface area (Å²) in [6.07, 6.45) is 1.14. The monoisotopic (exact) mass is 219 g/mol. The highest BCUT2D eigenvalue weighted by Crippen LogP contribution is 1.76. The Morgan fingerprint density at radius 3 is 2.20 bits per heavy atom. The van der Waals surface area contributed by atoms with E-state index in [1.807, 2.05) is 0 Å². The summed E-state index contributed by atoms with van der Waals surface area (Å²) in [4.78, 5) is 29.3. The van der Waals surface area contributed by atoms with E-state index in [0.29, 0.717) is 0 Å². The van der Waals surface area contributed by atoms with Gasteiger partial charge in [0.05, 0.1) is 6.61 Å². The van der Waals surface area contributed by atoms with Gasteiger partial charge in [0.2, 0.25) is 0 Å². The molecule has 0 spiro atoms. The molecule has 0 aromatic carbocycles. The van der Waals surface area contributed by atoms with Crippen molar-refractivity contribution in [2.45, 2.75) is 6.92 Å². The van der Waals surface area contributed by atoms with Crippen molar-refractivity contribution in [3.05, 3.63) is 12.3 Å². The van der Waals surface area contributed by atoms with E-state index < -0.39 is 18.1 Å². The predicted molar refractivity (Wildman–Crippen MR) is 50.7 cm³/mol. The molecule has 0 saturated carbocycles. The smallest absolute Gasteiger partial charge is 0.411 e. The molecule has 0 radical (unpaired) electrons. The van der Waals surface area contributed by atoms with Crippen molar-refractivity contribution in [1.82, 2.24) is 5.32 Å². The first kappa shape index (κ1) is 15.2.